The van der Waals surface area contributed by atoms with E-state index in [-0.39, 0.29) is 16.8 Å². The van der Waals surface area contributed by atoms with E-state index in [1.165, 1.54) is 12.1 Å². The summed E-state index contributed by atoms with van der Waals surface area (Å²) < 4.78 is 32.8. The number of imide groups is 1. The number of ether oxygens (including phenoxy) is 1. The summed E-state index contributed by atoms with van der Waals surface area (Å²) in [5.41, 5.74) is -0.289. The minimum atomic E-state index is -0.876. The lowest BCUT2D eigenvalue weighted by atomic mass is 10.0. The van der Waals surface area contributed by atoms with E-state index < -0.39 is 29.2 Å². The highest BCUT2D eigenvalue weighted by molar-refractivity contribution is 6.42. The standard InChI is InChI=1S/C20H16ClF2NO3/c1-20(2,3)27-19(26)24-17-10-12(21)4-6-14(17)15(18(24)25)9-11-8-13(22)5-7-16(11)23/h4-10H,1-3H3/b15-9-. The summed E-state index contributed by atoms with van der Waals surface area (Å²) in [4.78, 5) is 26.3. The van der Waals surface area contributed by atoms with Gasteiger partial charge in [-0.25, -0.2) is 18.5 Å². The fourth-order valence-corrected chi connectivity index (χ4v) is 2.84. The summed E-state index contributed by atoms with van der Waals surface area (Å²) in [6, 6.07) is 7.46. The molecule has 0 aromatic heterocycles. The maximum Gasteiger partial charge on any atom is 0.422 e. The fraction of sp³-hybridized carbons (Fsp3) is 0.200. The van der Waals surface area contributed by atoms with Gasteiger partial charge in [0.25, 0.3) is 5.91 Å². The highest BCUT2D eigenvalue weighted by Gasteiger charge is 2.39. The maximum absolute atomic E-state index is 14.0. The molecule has 1 aliphatic heterocycles. The Hall–Kier alpha value is -2.73. The lowest BCUT2D eigenvalue weighted by Gasteiger charge is -2.23. The molecule has 2 aromatic carbocycles. The van der Waals surface area contributed by atoms with E-state index >= 15 is 0 Å². The van der Waals surface area contributed by atoms with Crippen LogP contribution in [0.1, 0.15) is 31.9 Å². The van der Waals surface area contributed by atoms with Crippen LogP contribution in [0.4, 0.5) is 19.3 Å². The minimum Gasteiger partial charge on any atom is -0.443 e. The molecule has 3 rings (SSSR count). The van der Waals surface area contributed by atoms with Crippen LogP contribution in [0.5, 0.6) is 0 Å². The lowest BCUT2D eigenvalue weighted by Crippen LogP contribution is -2.38. The van der Waals surface area contributed by atoms with Crippen LogP contribution in [-0.2, 0) is 9.53 Å². The number of carbonyl (C=O) groups is 2. The molecule has 0 radical (unpaired) electrons. The second-order valence-corrected chi connectivity index (χ2v) is 7.44. The van der Waals surface area contributed by atoms with Gasteiger partial charge in [-0.15, -0.1) is 0 Å². The first-order valence-corrected chi connectivity index (χ1v) is 8.49. The third-order valence-electron chi connectivity index (χ3n) is 3.76. The van der Waals surface area contributed by atoms with Crippen molar-refractivity contribution in [2.75, 3.05) is 4.90 Å². The number of hydrogen-bond acceptors (Lipinski definition) is 3. The van der Waals surface area contributed by atoms with Crippen molar-refractivity contribution in [2.24, 2.45) is 0 Å². The summed E-state index contributed by atoms with van der Waals surface area (Å²) >= 11 is 6.01. The van der Waals surface area contributed by atoms with E-state index in [9.17, 15) is 18.4 Å². The second kappa shape index (κ2) is 6.78. The van der Waals surface area contributed by atoms with E-state index in [0.29, 0.717) is 10.6 Å². The Labute approximate surface area is 160 Å². The summed E-state index contributed by atoms with van der Waals surface area (Å²) in [5.74, 6) is -2.04. The van der Waals surface area contributed by atoms with E-state index in [4.69, 9.17) is 16.3 Å². The molecule has 2 aromatic rings. The molecule has 0 unspecified atom stereocenters. The Morgan fingerprint density at radius 1 is 1.15 bits per heavy atom. The van der Waals surface area contributed by atoms with Crippen molar-refractivity contribution < 1.29 is 23.1 Å². The third kappa shape index (κ3) is 3.85. The molecule has 0 N–H and O–H groups in total. The van der Waals surface area contributed by atoms with Crippen LogP contribution in [0, 0.1) is 11.6 Å². The van der Waals surface area contributed by atoms with Gasteiger partial charge in [-0.05, 0) is 57.2 Å². The Kier molecular flexibility index (Phi) is 4.78. The van der Waals surface area contributed by atoms with Crippen molar-refractivity contribution in [3.8, 4) is 0 Å². The molecule has 0 bridgehead atoms. The van der Waals surface area contributed by atoms with Crippen LogP contribution in [-0.4, -0.2) is 17.6 Å². The zero-order valence-electron chi connectivity index (χ0n) is 14.8. The van der Waals surface area contributed by atoms with Gasteiger partial charge in [0.15, 0.2) is 0 Å². The van der Waals surface area contributed by atoms with E-state index in [0.717, 1.165) is 23.1 Å². The van der Waals surface area contributed by atoms with Crippen molar-refractivity contribution >= 4 is 40.9 Å². The number of anilines is 1. The number of amides is 2. The Morgan fingerprint density at radius 2 is 1.85 bits per heavy atom. The highest BCUT2D eigenvalue weighted by atomic mass is 35.5. The van der Waals surface area contributed by atoms with E-state index in [1.807, 2.05) is 0 Å². The van der Waals surface area contributed by atoms with Crippen LogP contribution in [0.2, 0.25) is 5.02 Å². The number of rotatable bonds is 1. The normalized spacial score (nSPS) is 15.3. The number of nitrogens with zero attached hydrogens (tertiary/aromatic N) is 1. The molecule has 1 heterocycles. The summed E-state index contributed by atoms with van der Waals surface area (Å²) in [5, 5.41) is 0.313. The number of halogens is 3. The van der Waals surface area contributed by atoms with Gasteiger partial charge >= 0.3 is 6.09 Å². The fourth-order valence-electron chi connectivity index (χ4n) is 2.67. The highest BCUT2D eigenvalue weighted by Crippen LogP contribution is 2.40. The zero-order valence-corrected chi connectivity index (χ0v) is 15.6. The van der Waals surface area contributed by atoms with Crippen LogP contribution in [0.25, 0.3) is 11.6 Å². The van der Waals surface area contributed by atoms with Crippen molar-refractivity contribution in [3.63, 3.8) is 0 Å². The average molecular weight is 392 g/mol. The van der Waals surface area contributed by atoms with Gasteiger partial charge in [0.2, 0.25) is 0 Å². The first kappa shape index (κ1) is 19.0. The molecule has 27 heavy (non-hydrogen) atoms. The summed E-state index contributed by atoms with van der Waals surface area (Å²) in [7, 11) is 0. The monoisotopic (exact) mass is 391 g/mol. The predicted octanol–water partition coefficient (Wildman–Crippen LogP) is 5.44. The molecule has 7 heteroatoms. The van der Waals surface area contributed by atoms with Gasteiger partial charge in [0, 0.05) is 16.1 Å². The maximum atomic E-state index is 14.0. The number of carbonyl (C=O) groups excluding carboxylic acids is 2. The minimum absolute atomic E-state index is 0.0389. The lowest BCUT2D eigenvalue weighted by molar-refractivity contribution is -0.112. The molecule has 1 aliphatic rings. The van der Waals surface area contributed by atoms with Gasteiger partial charge < -0.3 is 4.74 Å². The van der Waals surface area contributed by atoms with E-state index in [1.54, 1.807) is 32.9 Å². The molecule has 0 aliphatic carbocycles. The van der Waals surface area contributed by atoms with Crippen LogP contribution >= 0.6 is 11.6 Å². The smallest absolute Gasteiger partial charge is 0.422 e. The van der Waals surface area contributed by atoms with Crippen molar-refractivity contribution in [2.45, 2.75) is 26.4 Å². The first-order chi connectivity index (χ1) is 12.6. The number of fused-ring (bicyclic) bond motifs is 1. The molecule has 0 atom stereocenters. The van der Waals surface area contributed by atoms with Gasteiger partial charge in [0.05, 0.1) is 11.3 Å². The van der Waals surface area contributed by atoms with Crippen LogP contribution < -0.4 is 4.90 Å². The zero-order chi connectivity index (χ0) is 19.9. The molecular weight excluding hydrogens is 376 g/mol. The molecule has 0 fully saturated rings. The van der Waals surface area contributed by atoms with Crippen molar-refractivity contribution in [3.05, 3.63) is 64.2 Å². The molecule has 0 saturated heterocycles. The molecule has 140 valence electrons. The Morgan fingerprint density at radius 3 is 2.52 bits per heavy atom. The average Bonchev–Trinajstić information content (AvgIpc) is 2.80. The van der Waals surface area contributed by atoms with Crippen molar-refractivity contribution in [1.82, 2.24) is 0 Å². The largest absolute Gasteiger partial charge is 0.443 e. The van der Waals surface area contributed by atoms with Crippen LogP contribution in [0.15, 0.2) is 36.4 Å². The van der Waals surface area contributed by atoms with Gasteiger partial charge in [0.1, 0.15) is 17.2 Å². The first-order valence-electron chi connectivity index (χ1n) is 8.11. The molecule has 2 amide bonds. The quantitative estimate of drug-likeness (QED) is 0.608. The SMILES string of the molecule is CC(C)(C)OC(=O)N1C(=O)/C(=C\c2cc(F)ccc2F)c2ccc(Cl)cc21. The topological polar surface area (TPSA) is 46.6 Å². The van der Waals surface area contributed by atoms with Crippen molar-refractivity contribution in [1.29, 1.82) is 0 Å². The number of benzene rings is 2. The summed E-state index contributed by atoms with van der Waals surface area (Å²) in [6.07, 6.45) is 0.330. The van der Waals surface area contributed by atoms with Gasteiger partial charge in [-0.1, -0.05) is 17.7 Å². The van der Waals surface area contributed by atoms with E-state index in [2.05, 4.69) is 0 Å². The molecular formula is C20H16ClF2NO3. The predicted molar refractivity (Wildman–Crippen MR) is 99.4 cm³/mol. The molecule has 4 nitrogen and oxygen atoms in total. The second-order valence-electron chi connectivity index (χ2n) is 7.01. The Balaban J connectivity index is 2.13. The third-order valence-corrected chi connectivity index (χ3v) is 3.99. The van der Waals surface area contributed by atoms with Gasteiger partial charge in [-0.3, -0.25) is 4.79 Å². The van der Waals surface area contributed by atoms with Gasteiger partial charge in [-0.2, -0.15) is 0 Å². The summed E-state index contributed by atoms with van der Waals surface area (Å²) in [6.45, 7) is 5.01. The number of hydrogen-bond donors (Lipinski definition) is 0. The Bertz CT molecular complexity index is 980. The molecule has 0 spiro atoms. The van der Waals surface area contributed by atoms with Crippen LogP contribution in [0.3, 0.4) is 0 Å². The molecule has 0 saturated carbocycles.